The van der Waals surface area contributed by atoms with Crippen LogP contribution in [0.5, 0.6) is 0 Å². The fraction of sp³-hybridized carbons (Fsp3) is 0.333. The first-order valence-electron chi connectivity index (χ1n) is 6.89. The highest BCUT2D eigenvalue weighted by atomic mass is 35.5. The van der Waals surface area contributed by atoms with E-state index in [0.29, 0.717) is 17.7 Å². The number of halogens is 1. The van der Waals surface area contributed by atoms with Crippen LogP contribution in [0.2, 0.25) is 5.02 Å². The molecule has 0 radical (unpaired) electrons. The molecule has 5 nitrogen and oxygen atoms in total. The molecule has 0 spiro atoms. The van der Waals surface area contributed by atoms with E-state index in [9.17, 15) is 0 Å². The van der Waals surface area contributed by atoms with Gasteiger partial charge in [0, 0.05) is 6.20 Å². The Hall–Kier alpha value is -2.01. The van der Waals surface area contributed by atoms with E-state index in [-0.39, 0.29) is 6.04 Å². The zero-order valence-electron chi connectivity index (χ0n) is 11.8. The predicted molar refractivity (Wildman–Crippen MR) is 83.0 cm³/mol. The quantitative estimate of drug-likeness (QED) is 0.943. The third-order valence-corrected chi connectivity index (χ3v) is 3.91. The van der Waals surface area contributed by atoms with Crippen molar-refractivity contribution in [2.24, 2.45) is 10.7 Å². The number of rotatable bonds is 4. The van der Waals surface area contributed by atoms with E-state index in [4.69, 9.17) is 22.1 Å². The monoisotopic (exact) mass is 304 g/mol. The molecule has 3 rings (SSSR count). The Balaban J connectivity index is 1.64. The average molecular weight is 305 g/mol. The maximum Gasteiger partial charge on any atom is 0.282 e. The molecule has 1 aliphatic heterocycles. The number of hydrogen-bond acceptors (Lipinski definition) is 4. The largest absolute Gasteiger partial charge is 0.463 e. The highest BCUT2D eigenvalue weighted by Crippen LogP contribution is 2.18. The lowest BCUT2D eigenvalue weighted by Crippen LogP contribution is -2.10. The highest BCUT2D eigenvalue weighted by Gasteiger charge is 2.16. The smallest absolute Gasteiger partial charge is 0.282 e. The fourth-order valence-electron chi connectivity index (χ4n) is 2.30. The number of amidine groups is 1. The average Bonchev–Trinajstić information content (AvgIpc) is 3.04. The standard InChI is InChI=1S/C15H17ClN4O/c1-10-14(16)8-20(19-10)13-6-3-11(4-7-13)2-5-12-9-21-15(17)18-12/h3-4,6-8,12H,2,5,9H2,1H3,(H2,17,18)/t12-/m0/s1. The fourth-order valence-corrected chi connectivity index (χ4v) is 2.43. The van der Waals surface area contributed by atoms with Crippen LogP contribution >= 0.6 is 11.6 Å². The van der Waals surface area contributed by atoms with Gasteiger partial charge in [-0.05, 0) is 37.5 Å². The molecule has 1 aromatic heterocycles. The van der Waals surface area contributed by atoms with Crippen LogP contribution in [-0.4, -0.2) is 28.5 Å². The van der Waals surface area contributed by atoms with Crippen molar-refractivity contribution < 1.29 is 4.74 Å². The van der Waals surface area contributed by atoms with Crippen LogP contribution in [0.1, 0.15) is 17.7 Å². The molecule has 0 fully saturated rings. The Labute approximate surface area is 128 Å². The maximum atomic E-state index is 6.03. The van der Waals surface area contributed by atoms with Gasteiger partial charge in [-0.2, -0.15) is 5.10 Å². The molecule has 2 aromatic rings. The predicted octanol–water partition coefficient (Wildman–Crippen LogP) is 2.48. The molecule has 0 amide bonds. The molecular weight excluding hydrogens is 288 g/mol. The number of nitrogens with two attached hydrogens (primary N) is 1. The molecule has 2 N–H and O–H groups in total. The molecule has 0 unspecified atom stereocenters. The Bertz CT molecular complexity index is 643. The minimum absolute atomic E-state index is 0.178. The topological polar surface area (TPSA) is 65.4 Å². The number of aliphatic imine (C=N–C) groups is 1. The number of hydrogen-bond donors (Lipinski definition) is 1. The number of benzene rings is 1. The summed E-state index contributed by atoms with van der Waals surface area (Å²) in [5.41, 5.74) is 8.59. The summed E-state index contributed by atoms with van der Waals surface area (Å²) in [4.78, 5) is 4.22. The van der Waals surface area contributed by atoms with E-state index in [0.717, 1.165) is 24.2 Å². The molecule has 1 atom stereocenters. The van der Waals surface area contributed by atoms with Crippen molar-refractivity contribution in [1.82, 2.24) is 9.78 Å². The number of nitrogens with zero attached hydrogens (tertiary/aromatic N) is 3. The van der Waals surface area contributed by atoms with Crippen molar-refractivity contribution in [2.45, 2.75) is 25.8 Å². The van der Waals surface area contributed by atoms with E-state index in [2.05, 4.69) is 22.2 Å². The minimum atomic E-state index is 0.178. The van der Waals surface area contributed by atoms with Crippen molar-refractivity contribution in [3.63, 3.8) is 0 Å². The Morgan fingerprint density at radius 3 is 2.71 bits per heavy atom. The van der Waals surface area contributed by atoms with E-state index >= 15 is 0 Å². The molecule has 0 saturated carbocycles. The van der Waals surface area contributed by atoms with Gasteiger partial charge in [0.05, 0.1) is 22.4 Å². The van der Waals surface area contributed by atoms with Crippen LogP contribution in [0, 0.1) is 6.92 Å². The summed E-state index contributed by atoms with van der Waals surface area (Å²) in [6.45, 7) is 2.48. The summed E-state index contributed by atoms with van der Waals surface area (Å²) >= 11 is 6.03. The zero-order valence-corrected chi connectivity index (χ0v) is 12.5. The van der Waals surface area contributed by atoms with Gasteiger partial charge in [-0.15, -0.1) is 0 Å². The van der Waals surface area contributed by atoms with Crippen molar-refractivity contribution in [2.75, 3.05) is 6.61 Å². The van der Waals surface area contributed by atoms with Gasteiger partial charge in [0.15, 0.2) is 0 Å². The third-order valence-electron chi connectivity index (χ3n) is 3.54. The van der Waals surface area contributed by atoms with Crippen molar-refractivity contribution >= 4 is 17.6 Å². The number of aromatic nitrogens is 2. The molecule has 0 bridgehead atoms. The van der Waals surface area contributed by atoms with Crippen LogP contribution in [0.4, 0.5) is 0 Å². The molecule has 0 aliphatic carbocycles. The van der Waals surface area contributed by atoms with Crippen LogP contribution in [-0.2, 0) is 11.2 Å². The summed E-state index contributed by atoms with van der Waals surface area (Å²) in [6, 6.07) is 8.77. The summed E-state index contributed by atoms with van der Waals surface area (Å²) < 4.78 is 6.94. The first-order chi connectivity index (χ1) is 10.1. The Morgan fingerprint density at radius 2 is 2.14 bits per heavy atom. The molecule has 2 heterocycles. The van der Waals surface area contributed by atoms with E-state index in [1.54, 1.807) is 4.68 Å². The van der Waals surface area contributed by atoms with Gasteiger partial charge in [-0.3, -0.25) is 0 Å². The van der Waals surface area contributed by atoms with Gasteiger partial charge in [-0.25, -0.2) is 9.67 Å². The van der Waals surface area contributed by atoms with Crippen molar-refractivity contribution in [3.8, 4) is 5.69 Å². The second-order valence-corrected chi connectivity index (χ2v) is 5.55. The second kappa shape index (κ2) is 5.77. The van der Waals surface area contributed by atoms with Gasteiger partial charge in [0.1, 0.15) is 6.61 Å². The van der Waals surface area contributed by atoms with Gasteiger partial charge < -0.3 is 10.5 Å². The Kier molecular flexibility index (Phi) is 3.84. The summed E-state index contributed by atoms with van der Waals surface area (Å²) in [7, 11) is 0. The molecule has 1 aliphatic rings. The number of aryl methyl sites for hydroxylation is 2. The first-order valence-corrected chi connectivity index (χ1v) is 7.27. The lowest BCUT2D eigenvalue weighted by molar-refractivity contribution is 0.308. The summed E-state index contributed by atoms with van der Waals surface area (Å²) in [5, 5.41) is 5.04. The normalized spacial score (nSPS) is 17.6. The molecule has 110 valence electrons. The van der Waals surface area contributed by atoms with Crippen LogP contribution in [0.15, 0.2) is 35.5 Å². The molecule has 21 heavy (non-hydrogen) atoms. The second-order valence-electron chi connectivity index (χ2n) is 5.14. The van der Waals surface area contributed by atoms with Gasteiger partial charge in [-0.1, -0.05) is 23.7 Å². The van der Waals surface area contributed by atoms with Crippen molar-refractivity contribution in [3.05, 3.63) is 46.7 Å². The summed E-state index contributed by atoms with van der Waals surface area (Å²) in [6.07, 6.45) is 3.70. The van der Waals surface area contributed by atoms with E-state index in [1.807, 2.05) is 25.3 Å². The molecule has 0 saturated heterocycles. The molecule has 1 aromatic carbocycles. The SMILES string of the molecule is Cc1nn(-c2ccc(CC[C@H]3COC(N)=N3)cc2)cc1Cl. The van der Waals surface area contributed by atoms with Crippen LogP contribution in [0.3, 0.4) is 0 Å². The van der Waals surface area contributed by atoms with E-state index < -0.39 is 0 Å². The van der Waals surface area contributed by atoms with Crippen LogP contribution < -0.4 is 5.73 Å². The van der Waals surface area contributed by atoms with E-state index in [1.165, 1.54) is 5.56 Å². The van der Waals surface area contributed by atoms with Crippen molar-refractivity contribution in [1.29, 1.82) is 0 Å². The lowest BCUT2D eigenvalue weighted by Gasteiger charge is -2.06. The first kappa shape index (κ1) is 13.9. The molecular formula is C15H17ClN4O. The minimum Gasteiger partial charge on any atom is -0.463 e. The van der Waals surface area contributed by atoms with Crippen LogP contribution in [0.25, 0.3) is 5.69 Å². The third kappa shape index (κ3) is 3.19. The zero-order chi connectivity index (χ0) is 14.8. The highest BCUT2D eigenvalue weighted by molar-refractivity contribution is 6.31. The maximum absolute atomic E-state index is 6.03. The van der Waals surface area contributed by atoms with Gasteiger partial charge in [0.2, 0.25) is 0 Å². The van der Waals surface area contributed by atoms with Gasteiger partial charge >= 0.3 is 0 Å². The lowest BCUT2D eigenvalue weighted by atomic mass is 10.1. The molecule has 6 heteroatoms. The number of ether oxygens (including phenoxy) is 1. The summed E-state index contributed by atoms with van der Waals surface area (Å²) in [5.74, 6) is 0. The van der Waals surface area contributed by atoms with Gasteiger partial charge in [0.25, 0.3) is 6.02 Å². The Morgan fingerprint density at radius 1 is 1.38 bits per heavy atom.